The van der Waals surface area contributed by atoms with Crippen LogP contribution in [0.4, 0.5) is 0 Å². The fraction of sp³-hybridized carbons (Fsp3) is 0.211. The van der Waals surface area contributed by atoms with E-state index >= 15 is 0 Å². The molecule has 2 aromatic carbocycles. The van der Waals surface area contributed by atoms with E-state index in [1.165, 1.54) is 27.5 Å². The molecular formula is C19H20ClN3O5. The van der Waals surface area contributed by atoms with Crippen LogP contribution in [0.2, 0.25) is 5.02 Å². The minimum Gasteiger partial charge on any atom is -0.493 e. The number of methoxy groups -OCH3 is 3. The number of halogens is 1. The zero-order chi connectivity index (χ0) is 20.5. The van der Waals surface area contributed by atoms with Gasteiger partial charge in [0, 0.05) is 16.1 Å². The van der Waals surface area contributed by atoms with Gasteiger partial charge in [0.05, 0.1) is 34.1 Å². The van der Waals surface area contributed by atoms with E-state index in [1.807, 2.05) is 0 Å². The SMILES string of the molecule is COc1cc(/C=N\NC(=O)CNC(=O)c2ccc(Cl)cc2)cc(OC)c1OC. The van der Waals surface area contributed by atoms with E-state index in [4.69, 9.17) is 25.8 Å². The van der Waals surface area contributed by atoms with Gasteiger partial charge in [0.15, 0.2) is 11.5 Å². The Morgan fingerprint density at radius 1 is 1.04 bits per heavy atom. The normalized spacial score (nSPS) is 10.4. The van der Waals surface area contributed by atoms with Crippen LogP contribution in [0.1, 0.15) is 15.9 Å². The number of amides is 2. The Balaban J connectivity index is 1.92. The number of hydrogen-bond donors (Lipinski definition) is 2. The molecule has 9 heteroatoms. The summed E-state index contributed by atoms with van der Waals surface area (Å²) >= 11 is 5.77. The molecule has 0 aliphatic carbocycles. The number of hydrazone groups is 1. The van der Waals surface area contributed by atoms with Crippen molar-refractivity contribution in [3.8, 4) is 17.2 Å². The van der Waals surface area contributed by atoms with Gasteiger partial charge >= 0.3 is 0 Å². The minimum absolute atomic E-state index is 0.228. The van der Waals surface area contributed by atoms with Crippen molar-refractivity contribution in [1.82, 2.24) is 10.7 Å². The van der Waals surface area contributed by atoms with Crippen molar-refractivity contribution in [1.29, 1.82) is 0 Å². The maximum absolute atomic E-state index is 11.9. The van der Waals surface area contributed by atoms with Crippen molar-refractivity contribution in [3.63, 3.8) is 0 Å². The number of rotatable bonds is 8. The molecule has 0 aliphatic heterocycles. The second-order valence-corrected chi connectivity index (χ2v) is 5.88. The summed E-state index contributed by atoms with van der Waals surface area (Å²) in [6.45, 7) is -0.228. The highest BCUT2D eigenvalue weighted by Gasteiger charge is 2.12. The summed E-state index contributed by atoms with van der Waals surface area (Å²) in [4.78, 5) is 23.8. The van der Waals surface area contributed by atoms with Crippen LogP contribution in [0, 0.1) is 0 Å². The van der Waals surface area contributed by atoms with Gasteiger partial charge in [-0.2, -0.15) is 5.10 Å². The highest BCUT2D eigenvalue weighted by Crippen LogP contribution is 2.37. The van der Waals surface area contributed by atoms with E-state index in [-0.39, 0.29) is 12.5 Å². The number of ether oxygens (including phenoxy) is 3. The Morgan fingerprint density at radius 3 is 2.18 bits per heavy atom. The van der Waals surface area contributed by atoms with Crippen molar-refractivity contribution < 1.29 is 23.8 Å². The maximum Gasteiger partial charge on any atom is 0.259 e. The molecule has 0 unspecified atom stereocenters. The van der Waals surface area contributed by atoms with E-state index in [0.717, 1.165) is 0 Å². The summed E-state index contributed by atoms with van der Waals surface area (Å²) in [6, 6.07) is 9.69. The van der Waals surface area contributed by atoms with Gasteiger partial charge in [0.25, 0.3) is 11.8 Å². The highest BCUT2D eigenvalue weighted by molar-refractivity contribution is 6.30. The molecule has 0 aliphatic rings. The molecule has 0 saturated heterocycles. The quantitative estimate of drug-likeness (QED) is 0.518. The van der Waals surface area contributed by atoms with Gasteiger partial charge in [-0.1, -0.05) is 11.6 Å². The van der Waals surface area contributed by atoms with Gasteiger partial charge in [-0.05, 0) is 36.4 Å². The van der Waals surface area contributed by atoms with Crippen molar-refractivity contribution >= 4 is 29.6 Å². The molecule has 2 amide bonds. The van der Waals surface area contributed by atoms with Crippen molar-refractivity contribution in [2.45, 2.75) is 0 Å². The summed E-state index contributed by atoms with van der Waals surface area (Å²) in [5.74, 6) is 0.511. The summed E-state index contributed by atoms with van der Waals surface area (Å²) in [5, 5.41) is 6.88. The first kappa shape index (κ1) is 21.0. The molecule has 8 nitrogen and oxygen atoms in total. The van der Waals surface area contributed by atoms with E-state index in [1.54, 1.807) is 36.4 Å². The lowest BCUT2D eigenvalue weighted by molar-refractivity contribution is -0.120. The molecule has 28 heavy (non-hydrogen) atoms. The molecule has 0 spiro atoms. The lowest BCUT2D eigenvalue weighted by atomic mass is 10.2. The Morgan fingerprint density at radius 2 is 1.64 bits per heavy atom. The molecule has 0 radical (unpaired) electrons. The van der Waals surface area contributed by atoms with Gasteiger partial charge < -0.3 is 19.5 Å². The summed E-state index contributed by atoms with van der Waals surface area (Å²) < 4.78 is 15.7. The maximum atomic E-state index is 11.9. The topological polar surface area (TPSA) is 98.2 Å². The molecule has 2 aromatic rings. The summed E-state index contributed by atoms with van der Waals surface area (Å²) in [6.07, 6.45) is 1.42. The van der Waals surface area contributed by atoms with Gasteiger partial charge in [-0.25, -0.2) is 5.43 Å². The van der Waals surface area contributed by atoms with Gasteiger partial charge in [0.2, 0.25) is 5.75 Å². The molecule has 2 N–H and O–H groups in total. The zero-order valence-electron chi connectivity index (χ0n) is 15.6. The molecule has 0 bridgehead atoms. The standard InChI is InChI=1S/C19H20ClN3O5/c1-26-15-8-12(9-16(27-2)18(15)28-3)10-22-23-17(24)11-21-19(25)13-4-6-14(20)7-5-13/h4-10H,11H2,1-3H3,(H,21,25)(H,23,24)/b22-10-. The monoisotopic (exact) mass is 405 g/mol. The van der Waals surface area contributed by atoms with Crippen LogP contribution in [0.25, 0.3) is 0 Å². The van der Waals surface area contributed by atoms with Crippen LogP contribution in [0.15, 0.2) is 41.5 Å². The lowest BCUT2D eigenvalue weighted by Crippen LogP contribution is -2.34. The van der Waals surface area contributed by atoms with Gasteiger partial charge in [-0.15, -0.1) is 0 Å². The van der Waals surface area contributed by atoms with E-state index in [0.29, 0.717) is 33.4 Å². The Bertz CT molecular complexity index is 843. The molecule has 0 heterocycles. The number of nitrogens with one attached hydrogen (secondary N) is 2. The van der Waals surface area contributed by atoms with Crippen LogP contribution in [0.5, 0.6) is 17.2 Å². The van der Waals surface area contributed by atoms with Crippen molar-refractivity contribution in [2.24, 2.45) is 5.10 Å². The van der Waals surface area contributed by atoms with Crippen molar-refractivity contribution in [3.05, 3.63) is 52.5 Å². The smallest absolute Gasteiger partial charge is 0.259 e. The van der Waals surface area contributed by atoms with Gasteiger partial charge in [-0.3, -0.25) is 9.59 Å². The van der Waals surface area contributed by atoms with E-state index < -0.39 is 5.91 Å². The first-order valence-corrected chi connectivity index (χ1v) is 8.52. The number of carbonyl (C=O) groups excluding carboxylic acids is 2. The second kappa shape index (κ2) is 10.2. The minimum atomic E-state index is -0.481. The first-order valence-electron chi connectivity index (χ1n) is 8.14. The molecule has 2 rings (SSSR count). The predicted octanol–water partition coefficient (Wildman–Crippen LogP) is 2.25. The highest BCUT2D eigenvalue weighted by atomic mass is 35.5. The number of hydrogen-bond acceptors (Lipinski definition) is 6. The fourth-order valence-corrected chi connectivity index (χ4v) is 2.38. The molecule has 0 atom stereocenters. The van der Waals surface area contributed by atoms with E-state index in [9.17, 15) is 9.59 Å². The Kier molecular flexibility index (Phi) is 7.65. The summed E-state index contributed by atoms with van der Waals surface area (Å²) in [5.41, 5.74) is 3.36. The number of carbonyl (C=O) groups is 2. The largest absolute Gasteiger partial charge is 0.493 e. The third kappa shape index (κ3) is 5.62. The average Bonchev–Trinajstić information content (AvgIpc) is 2.71. The lowest BCUT2D eigenvalue weighted by Gasteiger charge is -2.12. The number of benzene rings is 2. The molecule has 148 valence electrons. The molecule has 0 fully saturated rings. The predicted molar refractivity (Wildman–Crippen MR) is 106 cm³/mol. The third-order valence-corrected chi connectivity index (χ3v) is 3.86. The zero-order valence-corrected chi connectivity index (χ0v) is 16.4. The molecular weight excluding hydrogens is 386 g/mol. The van der Waals surface area contributed by atoms with Crippen LogP contribution in [-0.2, 0) is 4.79 Å². The number of nitrogens with zero attached hydrogens (tertiary/aromatic N) is 1. The van der Waals surface area contributed by atoms with Crippen molar-refractivity contribution in [2.75, 3.05) is 27.9 Å². The Labute approximate surface area is 167 Å². The molecule has 0 aromatic heterocycles. The fourth-order valence-electron chi connectivity index (χ4n) is 2.26. The van der Waals surface area contributed by atoms with Crippen LogP contribution < -0.4 is 25.0 Å². The van der Waals surface area contributed by atoms with E-state index in [2.05, 4.69) is 15.8 Å². The third-order valence-electron chi connectivity index (χ3n) is 3.61. The first-order chi connectivity index (χ1) is 13.5. The summed E-state index contributed by atoms with van der Waals surface area (Å²) in [7, 11) is 4.51. The molecule has 0 saturated carbocycles. The van der Waals surface area contributed by atoms with Crippen LogP contribution in [-0.4, -0.2) is 45.9 Å². The Hall–Kier alpha value is -3.26. The second-order valence-electron chi connectivity index (χ2n) is 5.44. The van der Waals surface area contributed by atoms with Crippen LogP contribution >= 0.6 is 11.6 Å². The van der Waals surface area contributed by atoms with Gasteiger partial charge in [0.1, 0.15) is 0 Å². The average molecular weight is 406 g/mol. The van der Waals surface area contributed by atoms with Crippen LogP contribution in [0.3, 0.4) is 0 Å².